The van der Waals surface area contributed by atoms with Gasteiger partial charge in [0.05, 0.1) is 18.8 Å². The highest BCUT2D eigenvalue weighted by Gasteiger charge is 2.15. The SMILES string of the molecule is COCC(CNC(=O)COC1CCNCC1)OC. The number of methoxy groups -OCH3 is 2. The van der Waals surface area contributed by atoms with E-state index in [2.05, 4.69) is 10.6 Å². The molecule has 0 aromatic heterocycles. The number of hydrogen-bond donors (Lipinski definition) is 2. The van der Waals surface area contributed by atoms with Crippen LogP contribution >= 0.6 is 0 Å². The molecule has 1 rings (SSSR count). The lowest BCUT2D eigenvalue weighted by atomic mass is 10.1. The predicted octanol–water partition coefficient (Wildman–Crippen LogP) is -0.467. The maximum Gasteiger partial charge on any atom is 0.246 e. The highest BCUT2D eigenvalue weighted by molar-refractivity contribution is 5.77. The van der Waals surface area contributed by atoms with E-state index >= 15 is 0 Å². The number of carbonyl (C=O) groups is 1. The monoisotopic (exact) mass is 260 g/mol. The second-order valence-corrected chi connectivity index (χ2v) is 4.38. The molecule has 1 amide bonds. The lowest BCUT2D eigenvalue weighted by Gasteiger charge is -2.22. The molecule has 1 atom stereocenters. The van der Waals surface area contributed by atoms with Crippen LogP contribution in [-0.2, 0) is 19.0 Å². The molecule has 0 aromatic rings. The van der Waals surface area contributed by atoms with E-state index in [1.807, 2.05) is 0 Å². The zero-order chi connectivity index (χ0) is 13.2. The second-order valence-electron chi connectivity index (χ2n) is 4.38. The van der Waals surface area contributed by atoms with Crippen molar-refractivity contribution < 1.29 is 19.0 Å². The number of amides is 1. The van der Waals surface area contributed by atoms with Crippen molar-refractivity contribution in [1.82, 2.24) is 10.6 Å². The van der Waals surface area contributed by atoms with Crippen molar-refractivity contribution in [2.24, 2.45) is 0 Å². The van der Waals surface area contributed by atoms with Gasteiger partial charge in [0, 0.05) is 20.8 Å². The predicted molar refractivity (Wildman–Crippen MR) is 67.5 cm³/mol. The standard InChI is InChI=1S/C12H24N2O4/c1-16-8-11(17-2)7-14-12(15)9-18-10-3-5-13-6-4-10/h10-11,13H,3-9H2,1-2H3,(H,14,15). The maximum absolute atomic E-state index is 11.6. The van der Waals surface area contributed by atoms with E-state index in [9.17, 15) is 4.79 Å². The highest BCUT2D eigenvalue weighted by Crippen LogP contribution is 2.06. The lowest BCUT2D eigenvalue weighted by molar-refractivity contribution is -0.129. The van der Waals surface area contributed by atoms with Crippen molar-refractivity contribution in [3.05, 3.63) is 0 Å². The first kappa shape index (κ1) is 15.4. The Balaban J connectivity index is 2.08. The number of carbonyl (C=O) groups excluding carboxylic acids is 1. The Morgan fingerprint density at radius 3 is 2.72 bits per heavy atom. The first-order valence-corrected chi connectivity index (χ1v) is 6.37. The number of rotatable bonds is 8. The average molecular weight is 260 g/mol. The molecule has 1 heterocycles. The summed E-state index contributed by atoms with van der Waals surface area (Å²) in [5, 5.41) is 6.03. The molecule has 18 heavy (non-hydrogen) atoms. The van der Waals surface area contributed by atoms with Gasteiger partial charge in [-0.15, -0.1) is 0 Å². The van der Waals surface area contributed by atoms with Crippen LogP contribution in [0.1, 0.15) is 12.8 Å². The number of ether oxygens (including phenoxy) is 3. The molecular weight excluding hydrogens is 236 g/mol. The van der Waals surface area contributed by atoms with Gasteiger partial charge in [0.2, 0.25) is 5.91 Å². The Bertz CT molecular complexity index is 221. The molecule has 1 unspecified atom stereocenters. The van der Waals surface area contributed by atoms with Crippen LogP contribution in [0, 0.1) is 0 Å². The quantitative estimate of drug-likeness (QED) is 0.618. The van der Waals surface area contributed by atoms with E-state index in [1.54, 1.807) is 14.2 Å². The van der Waals surface area contributed by atoms with Crippen LogP contribution in [0.3, 0.4) is 0 Å². The van der Waals surface area contributed by atoms with Crippen LogP contribution in [0.2, 0.25) is 0 Å². The summed E-state index contributed by atoms with van der Waals surface area (Å²) in [5.41, 5.74) is 0. The molecule has 6 heteroatoms. The third kappa shape index (κ3) is 6.30. The van der Waals surface area contributed by atoms with Crippen LogP contribution in [0.4, 0.5) is 0 Å². The van der Waals surface area contributed by atoms with Crippen molar-refractivity contribution in [3.8, 4) is 0 Å². The van der Waals surface area contributed by atoms with E-state index < -0.39 is 0 Å². The molecule has 2 N–H and O–H groups in total. The van der Waals surface area contributed by atoms with Crippen molar-refractivity contribution >= 4 is 5.91 Å². The molecule has 106 valence electrons. The highest BCUT2D eigenvalue weighted by atomic mass is 16.5. The maximum atomic E-state index is 11.6. The van der Waals surface area contributed by atoms with E-state index in [1.165, 1.54) is 0 Å². The van der Waals surface area contributed by atoms with Crippen LogP contribution < -0.4 is 10.6 Å². The first-order chi connectivity index (χ1) is 8.76. The van der Waals surface area contributed by atoms with Crippen molar-refractivity contribution in [3.63, 3.8) is 0 Å². The number of hydrogen-bond acceptors (Lipinski definition) is 5. The van der Waals surface area contributed by atoms with E-state index in [0.29, 0.717) is 13.2 Å². The van der Waals surface area contributed by atoms with E-state index in [0.717, 1.165) is 25.9 Å². The molecule has 0 bridgehead atoms. The number of nitrogens with one attached hydrogen (secondary N) is 2. The lowest BCUT2D eigenvalue weighted by Crippen LogP contribution is -2.39. The summed E-state index contributed by atoms with van der Waals surface area (Å²) in [6.07, 6.45) is 2.03. The molecule has 1 aliphatic heterocycles. The molecule has 1 fully saturated rings. The fourth-order valence-corrected chi connectivity index (χ4v) is 1.83. The van der Waals surface area contributed by atoms with Gasteiger partial charge in [-0.05, 0) is 25.9 Å². The summed E-state index contributed by atoms with van der Waals surface area (Å²) in [6.45, 7) is 2.95. The topological polar surface area (TPSA) is 68.8 Å². The summed E-state index contributed by atoms with van der Waals surface area (Å²) in [4.78, 5) is 11.6. The molecular formula is C12H24N2O4. The van der Waals surface area contributed by atoms with Crippen LogP contribution in [0.15, 0.2) is 0 Å². The largest absolute Gasteiger partial charge is 0.382 e. The fourth-order valence-electron chi connectivity index (χ4n) is 1.83. The molecule has 1 aliphatic rings. The van der Waals surface area contributed by atoms with Gasteiger partial charge in [-0.1, -0.05) is 0 Å². The third-order valence-corrected chi connectivity index (χ3v) is 2.95. The average Bonchev–Trinajstić information content (AvgIpc) is 2.42. The summed E-state index contributed by atoms with van der Waals surface area (Å²) in [7, 11) is 3.20. The first-order valence-electron chi connectivity index (χ1n) is 6.37. The number of piperidine rings is 1. The Morgan fingerprint density at radius 1 is 1.39 bits per heavy atom. The van der Waals surface area contributed by atoms with E-state index in [4.69, 9.17) is 14.2 Å². The molecule has 0 aliphatic carbocycles. The zero-order valence-electron chi connectivity index (χ0n) is 11.2. The fraction of sp³-hybridized carbons (Fsp3) is 0.917. The third-order valence-electron chi connectivity index (χ3n) is 2.95. The van der Waals surface area contributed by atoms with Gasteiger partial charge in [-0.3, -0.25) is 4.79 Å². The Kier molecular flexibility index (Phi) is 7.91. The zero-order valence-corrected chi connectivity index (χ0v) is 11.2. The van der Waals surface area contributed by atoms with Gasteiger partial charge in [0.1, 0.15) is 6.61 Å². The van der Waals surface area contributed by atoms with Gasteiger partial charge < -0.3 is 24.8 Å². The van der Waals surface area contributed by atoms with E-state index in [-0.39, 0.29) is 24.7 Å². The minimum absolute atomic E-state index is 0.105. The Hall–Kier alpha value is -0.690. The molecule has 0 spiro atoms. The van der Waals surface area contributed by atoms with Crippen molar-refractivity contribution in [2.45, 2.75) is 25.0 Å². The molecule has 1 saturated heterocycles. The summed E-state index contributed by atoms with van der Waals surface area (Å²) in [5.74, 6) is -0.105. The van der Waals surface area contributed by atoms with Crippen molar-refractivity contribution in [2.75, 3.05) is 47.1 Å². The summed E-state index contributed by atoms with van der Waals surface area (Å²) >= 11 is 0. The molecule has 6 nitrogen and oxygen atoms in total. The van der Waals surface area contributed by atoms with Gasteiger partial charge in [-0.25, -0.2) is 0 Å². The Labute approximate surface area is 108 Å². The van der Waals surface area contributed by atoms with Gasteiger partial charge in [-0.2, -0.15) is 0 Å². The van der Waals surface area contributed by atoms with Gasteiger partial charge in [0.25, 0.3) is 0 Å². The molecule has 0 radical (unpaired) electrons. The summed E-state index contributed by atoms with van der Waals surface area (Å²) < 4.78 is 15.7. The van der Waals surface area contributed by atoms with Gasteiger partial charge >= 0.3 is 0 Å². The normalized spacial score (nSPS) is 18.6. The van der Waals surface area contributed by atoms with Crippen LogP contribution in [0.5, 0.6) is 0 Å². The van der Waals surface area contributed by atoms with Crippen LogP contribution in [-0.4, -0.2) is 65.2 Å². The minimum Gasteiger partial charge on any atom is -0.382 e. The second kappa shape index (κ2) is 9.27. The Morgan fingerprint density at radius 2 is 2.11 bits per heavy atom. The van der Waals surface area contributed by atoms with Crippen LogP contribution in [0.25, 0.3) is 0 Å². The smallest absolute Gasteiger partial charge is 0.246 e. The minimum atomic E-state index is -0.113. The molecule has 0 aromatic carbocycles. The van der Waals surface area contributed by atoms with Gasteiger partial charge in [0.15, 0.2) is 0 Å². The summed E-state index contributed by atoms with van der Waals surface area (Å²) in [6, 6.07) is 0. The van der Waals surface area contributed by atoms with Crippen molar-refractivity contribution in [1.29, 1.82) is 0 Å². The molecule has 0 saturated carbocycles.